The molecule has 0 saturated heterocycles. The molecule has 0 amide bonds. The summed E-state index contributed by atoms with van der Waals surface area (Å²) in [6.45, 7) is 0. The number of aromatic nitrogens is 3. The van der Waals surface area contributed by atoms with Crippen LogP contribution >= 0.6 is 0 Å². The van der Waals surface area contributed by atoms with Gasteiger partial charge in [0.1, 0.15) is 17.8 Å². The number of hydrogen-bond acceptors (Lipinski definition) is 3. The van der Waals surface area contributed by atoms with E-state index >= 15 is 0 Å². The molecule has 0 spiro atoms. The Bertz CT molecular complexity index is 1030. The van der Waals surface area contributed by atoms with Gasteiger partial charge in [-0.05, 0) is 61.7 Å². The van der Waals surface area contributed by atoms with Crippen LogP contribution in [0, 0.1) is 0 Å². The maximum absolute atomic E-state index is 5.89. The maximum atomic E-state index is 5.89. The van der Waals surface area contributed by atoms with Gasteiger partial charge in [0.15, 0.2) is 0 Å². The smallest absolute Gasteiger partial charge is 0.127 e. The van der Waals surface area contributed by atoms with E-state index in [1.807, 2.05) is 42.5 Å². The van der Waals surface area contributed by atoms with Crippen LogP contribution in [0.2, 0.25) is 0 Å². The highest BCUT2D eigenvalue weighted by Crippen LogP contribution is 2.37. The van der Waals surface area contributed by atoms with E-state index in [0.717, 1.165) is 33.8 Å². The summed E-state index contributed by atoms with van der Waals surface area (Å²) >= 11 is 0. The Morgan fingerprint density at radius 3 is 2.35 bits per heavy atom. The Labute approximate surface area is 152 Å². The summed E-state index contributed by atoms with van der Waals surface area (Å²) in [6.07, 6.45) is 7.58. The standard InChI is InChI=1S/C22H19N3O/c1-2-7-18(8-3-1)26-19-11-9-16(10-12-19)21-22-20(23-15-24-21)13-14-25(22)17-5-4-6-17/h1-3,7-15,17H,4-6H2. The van der Waals surface area contributed by atoms with Crippen LogP contribution in [0.1, 0.15) is 25.3 Å². The summed E-state index contributed by atoms with van der Waals surface area (Å²) in [5.41, 5.74) is 4.20. The molecule has 1 saturated carbocycles. The molecule has 26 heavy (non-hydrogen) atoms. The van der Waals surface area contributed by atoms with Crippen molar-refractivity contribution in [3.63, 3.8) is 0 Å². The molecular weight excluding hydrogens is 322 g/mol. The van der Waals surface area contributed by atoms with Gasteiger partial charge < -0.3 is 9.30 Å². The van der Waals surface area contributed by atoms with Crippen LogP contribution in [0.5, 0.6) is 11.5 Å². The number of para-hydroxylation sites is 1. The summed E-state index contributed by atoms with van der Waals surface area (Å²) in [6, 6.07) is 20.6. The van der Waals surface area contributed by atoms with Crippen molar-refractivity contribution in [2.75, 3.05) is 0 Å². The summed E-state index contributed by atoms with van der Waals surface area (Å²) < 4.78 is 8.24. The van der Waals surface area contributed by atoms with E-state index in [1.54, 1.807) is 6.33 Å². The molecule has 4 aromatic rings. The van der Waals surface area contributed by atoms with Gasteiger partial charge in [-0.3, -0.25) is 0 Å². The molecule has 5 rings (SSSR count). The van der Waals surface area contributed by atoms with Gasteiger partial charge in [-0.15, -0.1) is 0 Å². The Balaban J connectivity index is 1.50. The van der Waals surface area contributed by atoms with Crippen molar-refractivity contribution in [2.45, 2.75) is 25.3 Å². The Morgan fingerprint density at radius 2 is 1.62 bits per heavy atom. The first-order valence-corrected chi connectivity index (χ1v) is 9.03. The SMILES string of the molecule is c1ccc(Oc2ccc(-c3ncnc4ccn(C5CCC5)c34)cc2)cc1. The van der Waals surface area contributed by atoms with Crippen molar-refractivity contribution in [2.24, 2.45) is 0 Å². The first kappa shape index (κ1) is 15.1. The number of hydrogen-bond donors (Lipinski definition) is 0. The molecule has 1 aliphatic carbocycles. The highest BCUT2D eigenvalue weighted by molar-refractivity contribution is 5.90. The van der Waals surface area contributed by atoms with Crippen molar-refractivity contribution in [1.82, 2.24) is 14.5 Å². The fourth-order valence-corrected chi connectivity index (χ4v) is 3.48. The molecule has 2 heterocycles. The third kappa shape index (κ3) is 2.64. The highest BCUT2D eigenvalue weighted by atomic mass is 16.5. The fourth-order valence-electron chi connectivity index (χ4n) is 3.48. The van der Waals surface area contributed by atoms with Gasteiger partial charge in [0.05, 0.1) is 16.7 Å². The van der Waals surface area contributed by atoms with Gasteiger partial charge in [0.25, 0.3) is 0 Å². The number of ether oxygens (including phenoxy) is 1. The van der Waals surface area contributed by atoms with E-state index in [4.69, 9.17) is 4.74 Å². The zero-order valence-electron chi connectivity index (χ0n) is 14.4. The van der Waals surface area contributed by atoms with Crippen molar-refractivity contribution in [3.8, 4) is 22.8 Å². The molecular formula is C22H19N3O. The second kappa shape index (κ2) is 6.30. The van der Waals surface area contributed by atoms with Gasteiger partial charge in [-0.25, -0.2) is 9.97 Å². The lowest BCUT2D eigenvalue weighted by Gasteiger charge is -2.28. The molecule has 0 N–H and O–H groups in total. The monoisotopic (exact) mass is 341 g/mol. The third-order valence-electron chi connectivity index (χ3n) is 5.08. The van der Waals surface area contributed by atoms with Crippen LogP contribution in [-0.4, -0.2) is 14.5 Å². The Kier molecular flexibility index (Phi) is 3.67. The first-order valence-electron chi connectivity index (χ1n) is 9.03. The molecule has 0 bridgehead atoms. The molecule has 4 heteroatoms. The minimum atomic E-state index is 0.581. The second-order valence-electron chi connectivity index (χ2n) is 6.70. The van der Waals surface area contributed by atoms with Crippen LogP contribution in [0.3, 0.4) is 0 Å². The van der Waals surface area contributed by atoms with Crippen LogP contribution < -0.4 is 4.74 Å². The third-order valence-corrected chi connectivity index (χ3v) is 5.08. The first-order chi connectivity index (χ1) is 12.9. The van der Waals surface area contributed by atoms with Gasteiger partial charge in [0, 0.05) is 17.8 Å². The Hall–Kier alpha value is -3.14. The highest BCUT2D eigenvalue weighted by Gasteiger charge is 2.22. The molecule has 128 valence electrons. The van der Waals surface area contributed by atoms with E-state index < -0.39 is 0 Å². The van der Waals surface area contributed by atoms with Crippen molar-refractivity contribution >= 4 is 11.0 Å². The number of rotatable bonds is 4. The number of fused-ring (bicyclic) bond motifs is 1. The van der Waals surface area contributed by atoms with E-state index in [2.05, 4.69) is 38.9 Å². The lowest BCUT2D eigenvalue weighted by molar-refractivity contribution is 0.321. The van der Waals surface area contributed by atoms with Crippen LogP contribution in [0.15, 0.2) is 73.2 Å². The maximum Gasteiger partial charge on any atom is 0.127 e. The largest absolute Gasteiger partial charge is 0.457 e. The summed E-state index contributed by atoms with van der Waals surface area (Å²) in [7, 11) is 0. The summed E-state index contributed by atoms with van der Waals surface area (Å²) in [5, 5.41) is 0. The average Bonchev–Trinajstić information content (AvgIpc) is 3.06. The zero-order chi connectivity index (χ0) is 17.3. The molecule has 0 atom stereocenters. The predicted octanol–water partition coefficient (Wildman–Crippen LogP) is 5.62. The van der Waals surface area contributed by atoms with Crippen LogP contribution in [-0.2, 0) is 0 Å². The van der Waals surface area contributed by atoms with Gasteiger partial charge in [-0.2, -0.15) is 0 Å². The van der Waals surface area contributed by atoms with Crippen molar-refractivity contribution in [3.05, 3.63) is 73.2 Å². The van der Waals surface area contributed by atoms with Crippen LogP contribution in [0.4, 0.5) is 0 Å². The quantitative estimate of drug-likeness (QED) is 0.484. The number of nitrogens with zero attached hydrogens (tertiary/aromatic N) is 3. The molecule has 4 nitrogen and oxygen atoms in total. The average molecular weight is 341 g/mol. The fraction of sp³-hybridized carbons (Fsp3) is 0.182. The van der Waals surface area contributed by atoms with Crippen molar-refractivity contribution < 1.29 is 4.74 Å². The van der Waals surface area contributed by atoms with E-state index in [9.17, 15) is 0 Å². The summed E-state index contributed by atoms with van der Waals surface area (Å²) in [4.78, 5) is 9.04. The predicted molar refractivity (Wildman–Crippen MR) is 102 cm³/mol. The van der Waals surface area contributed by atoms with Crippen LogP contribution in [0.25, 0.3) is 22.3 Å². The topological polar surface area (TPSA) is 39.9 Å². The minimum Gasteiger partial charge on any atom is -0.457 e. The molecule has 2 aromatic carbocycles. The molecule has 0 aliphatic heterocycles. The van der Waals surface area contributed by atoms with Crippen molar-refractivity contribution in [1.29, 1.82) is 0 Å². The minimum absolute atomic E-state index is 0.581. The molecule has 1 aliphatic rings. The number of benzene rings is 2. The molecule has 1 fully saturated rings. The van der Waals surface area contributed by atoms with E-state index in [1.165, 1.54) is 19.3 Å². The Morgan fingerprint density at radius 1 is 0.846 bits per heavy atom. The normalized spacial score (nSPS) is 14.3. The lowest BCUT2D eigenvalue weighted by atomic mass is 9.93. The molecule has 2 aromatic heterocycles. The van der Waals surface area contributed by atoms with E-state index in [0.29, 0.717) is 6.04 Å². The molecule has 0 radical (unpaired) electrons. The van der Waals surface area contributed by atoms with Gasteiger partial charge in [0.2, 0.25) is 0 Å². The zero-order valence-corrected chi connectivity index (χ0v) is 14.4. The lowest BCUT2D eigenvalue weighted by Crippen LogP contribution is -2.16. The van der Waals surface area contributed by atoms with Gasteiger partial charge in [-0.1, -0.05) is 18.2 Å². The molecule has 0 unspecified atom stereocenters. The van der Waals surface area contributed by atoms with E-state index in [-0.39, 0.29) is 0 Å². The summed E-state index contributed by atoms with van der Waals surface area (Å²) in [5.74, 6) is 1.66. The second-order valence-corrected chi connectivity index (χ2v) is 6.70. The van der Waals surface area contributed by atoms with Gasteiger partial charge >= 0.3 is 0 Å².